The molecule has 0 spiro atoms. The predicted octanol–water partition coefficient (Wildman–Crippen LogP) is 1.80. The monoisotopic (exact) mass is 406 g/mol. The molecule has 9 nitrogen and oxygen atoms in total. The summed E-state index contributed by atoms with van der Waals surface area (Å²) in [5, 5.41) is 3.33. The maximum Gasteiger partial charge on any atom is 0.256 e. The number of guanidine groups is 1. The number of piperazine rings is 1. The second kappa shape index (κ2) is 7.89. The first kappa shape index (κ1) is 18.8. The van der Waals surface area contributed by atoms with Crippen molar-refractivity contribution in [3.63, 3.8) is 0 Å². The van der Waals surface area contributed by atoms with Crippen molar-refractivity contribution in [2.24, 2.45) is 10.9 Å². The molecule has 30 heavy (non-hydrogen) atoms. The van der Waals surface area contributed by atoms with E-state index < -0.39 is 0 Å². The normalized spacial score (nSPS) is 23.6. The molecule has 5 rings (SSSR count). The van der Waals surface area contributed by atoms with Crippen molar-refractivity contribution in [1.29, 1.82) is 0 Å². The Hall–Kier alpha value is -3.23. The maximum atomic E-state index is 12.8. The fourth-order valence-electron chi connectivity index (χ4n) is 4.40. The van der Waals surface area contributed by atoms with E-state index in [2.05, 4.69) is 42.2 Å². The molecule has 0 amide bonds. The predicted molar refractivity (Wildman–Crippen MR) is 116 cm³/mol. The molecule has 1 N–H and O–H groups in total. The summed E-state index contributed by atoms with van der Waals surface area (Å²) in [5.74, 6) is 2.46. The highest BCUT2D eigenvalue weighted by Gasteiger charge is 2.33. The van der Waals surface area contributed by atoms with Crippen molar-refractivity contribution < 1.29 is 0 Å². The molecular formula is C21H26N8O. The zero-order chi connectivity index (χ0) is 20.5. The van der Waals surface area contributed by atoms with Gasteiger partial charge in [-0.3, -0.25) is 14.7 Å². The lowest BCUT2D eigenvalue weighted by Crippen LogP contribution is -2.53. The molecular weight excluding hydrogens is 380 g/mol. The second-order valence-electron chi connectivity index (χ2n) is 7.99. The molecule has 2 atom stereocenters. The number of anilines is 2. The molecule has 1 aliphatic carbocycles. The fraction of sp³-hybridized carbons (Fsp3) is 0.476. The third-order valence-electron chi connectivity index (χ3n) is 5.97. The number of aromatic nitrogens is 4. The van der Waals surface area contributed by atoms with Crippen molar-refractivity contribution in [3.8, 4) is 0 Å². The number of aryl methyl sites for hydroxylation is 1. The third-order valence-corrected chi connectivity index (χ3v) is 5.97. The summed E-state index contributed by atoms with van der Waals surface area (Å²) in [5.41, 5.74) is 0.673. The van der Waals surface area contributed by atoms with Crippen LogP contribution in [0.25, 0.3) is 0 Å². The van der Waals surface area contributed by atoms with Gasteiger partial charge in [-0.25, -0.2) is 19.9 Å². The van der Waals surface area contributed by atoms with E-state index in [-0.39, 0.29) is 11.7 Å². The van der Waals surface area contributed by atoms with E-state index in [1.165, 1.54) is 0 Å². The van der Waals surface area contributed by atoms with Crippen molar-refractivity contribution in [2.45, 2.75) is 32.4 Å². The van der Waals surface area contributed by atoms with E-state index in [0.717, 1.165) is 57.3 Å². The highest BCUT2D eigenvalue weighted by molar-refractivity contribution is 5.93. The van der Waals surface area contributed by atoms with Crippen LogP contribution in [0, 0.1) is 12.8 Å². The highest BCUT2D eigenvalue weighted by Crippen LogP contribution is 2.34. The average molecular weight is 406 g/mol. The quantitative estimate of drug-likeness (QED) is 0.761. The van der Waals surface area contributed by atoms with Crippen LogP contribution in [-0.2, 0) is 0 Å². The van der Waals surface area contributed by atoms with Crippen LogP contribution in [0.1, 0.15) is 31.1 Å². The van der Waals surface area contributed by atoms with Crippen LogP contribution >= 0.6 is 0 Å². The Morgan fingerprint density at radius 3 is 2.57 bits per heavy atom. The van der Waals surface area contributed by atoms with Gasteiger partial charge in [0.25, 0.3) is 5.56 Å². The molecule has 2 aliphatic heterocycles. The molecule has 9 heteroatoms. The van der Waals surface area contributed by atoms with Gasteiger partial charge in [0.05, 0.1) is 0 Å². The molecule has 0 aromatic carbocycles. The number of hydrogen-bond donors (Lipinski definition) is 1. The Balaban J connectivity index is 1.40. The van der Waals surface area contributed by atoms with Crippen LogP contribution < -0.4 is 15.8 Å². The van der Waals surface area contributed by atoms with Crippen LogP contribution in [0.4, 0.5) is 11.9 Å². The van der Waals surface area contributed by atoms with Gasteiger partial charge in [-0.2, -0.15) is 0 Å². The Morgan fingerprint density at radius 2 is 1.83 bits per heavy atom. The first-order chi connectivity index (χ1) is 14.7. The zero-order valence-electron chi connectivity index (χ0n) is 17.1. The van der Waals surface area contributed by atoms with Gasteiger partial charge in [-0.1, -0.05) is 12.2 Å². The maximum absolute atomic E-state index is 12.8. The van der Waals surface area contributed by atoms with Crippen LogP contribution in [0.15, 0.2) is 46.5 Å². The van der Waals surface area contributed by atoms with Crippen LogP contribution in [-0.4, -0.2) is 56.6 Å². The molecule has 0 unspecified atom stereocenters. The van der Waals surface area contributed by atoms with Crippen molar-refractivity contribution in [3.05, 3.63) is 52.7 Å². The smallest absolute Gasteiger partial charge is 0.256 e. The molecule has 0 saturated carbocycles. The van der Waals surface area contributed by atoms with Gasteiger partial charge in [0.2, 0.25) is 17.9 Å². The fourth-order valence-corrected chi connectivity index (χ4v) is 4.40. The highest BCUT2D eigenvalue weighted by atomic mass is 16.1. The largest absolute Gasteiger partial charge is 0.339 e. The van der Waals surface area contributed by atoms with Crippen LogP contribution in [0.5, 0.6) is 0 Å². The number of nitrogens with one attached hydrogen (secondary N) is 1. The van der Waals surface area contributed by atoms with Gasteiger partial charge in [0, 0.05) is 56.3 Å². The Kier molecular flexibility index (Phi) is 4.94. The minimum Gasteiger partial charge on any atom is -0.339 e. The van der Waals surface area contributed by atoms with E-state index in [0.29, 0.717) is 17.6 Å². The number of allylic oxidation sites excluding steroid dienone is 2. The number of rotatable bonds is 2. The minimum atomic E-state index is -0.225. The van der Waals surface area contributed by atoms with E-state index in [4.69, 9.17) is 4.99 Å². The molecule has 4 heterocycles. The van der Waals surface area contributed by atoms with E-state index in [1.807, 2.05) is 13.0 Å². The lowest BCUT2D eigenvalue weighted by atomic mass is 9.91. The topological polar surface area (TPSA) is 91.5 Å². The van der Waals surface area contributed by atoms with Crippen molar-refractivity contribution in [2.75, 3.05) is 36.4 Å². The van der Waals surface area contributed by atoms with Gasteiger partial charge < -0.3 is 9.80 Å². The lowest BCUT2D eigenvalue weighted by molar-refractivity contribution is 0.296. The van der Waals surface area contributed by atoms with Crippen molar-refractivity contribution >= 4 is 17.9 Å². The van der Waals surface area contributed by atoms with Gasteiger partial charge in [-0.05, 0) is 32.3 Å². The van der Waals surface area contributed by atoms with Gasteiger partial charge in [-0.15, -0.1) is 0 Å². The molecule has 0 radical (unpaired) electrons. The number of aliphatic imine (C=N–C) groups is 1. The molecule has 1 saturated heterocycles. The molecule has 3 aliphatic rings. The second-order valence-corrected chi connectivity index (χ2v) is 7.99. The number of hydrogen-bond acceptors (Lipinski definition) is 8. The number of nitrogens with zero attached hydrogens (tertiary/aromatic N) is 7. The van der Waals surface area contributed by atoms with Crippen LogP contribution in [0.3, 0.4) is 0 Å². The molecule has 1 fully saturated rings. The summed E-state index contributed by atoms with van der Waals surface area (Å²) >= 11 is 0. The Morgan fingerprint density at radius 1 is 1.07 bits per heavy atom. The Labute approximate surface area is 175 Å². The zero-order valence-corrected chi connectivity index (χ0v) is 17.1. The summed E-state index contributed by atoms with van der Waals surface area (Å²) in [6.07, 6.45) is 10.7. The van der Waals surface area contributed by atoms with Gasteiger partial charge >= 0.3 is 0 Å². The molecule has 156 valence electrons. The van der Waals surface area contributed by atoms with E-state index in [1.54, 1.807) is 23.0 Å². The number of fused-ring (bicyclic) bond motifs is 1. The summed E-state index contributed by atoms with van der Waals surface area (Å²) < 4.78 is 1.73. The van der Waals surface area contributed by atoms with Crippen LogP contribution in [0.2, 0.25) is 0 Å². The summed E-state index contributed by atoms with van der Waals surface area (Å²) in [4.78, 5) is 35.6. The molecule has 2 aromatic heterocycles. The van der Waals surface area contributed by atoms with Gasteiger partial charge in [0.15, 0.2) is 0 Å². The minimum absolute atomic E-state index is 0.0431. The molecule has 0 bridgehead atoms. The van der Waals surface area contributed by atoms with E-state index >= 15 is 0 Å². The standard InChI is InChI=1S/C21H26N8O/c1-15-14-17(30)29-18(16-6-3-2-4-7-16)25-20(26-21(29)24-15)28-12-10-27(11-13-28)19-22-8-5-9-23-19/h2-3,5,8-9,14,16,18H,4,6-7,10-13H2,1H3,(H,24,25,26)/t16-,18-/m1/s1. The summed E-state index contributed by atoms with van der Waals surface area (Å²) in [6.45, 7) is 5.09. The van der Waals surface area contributed by atoms with E-state index in [9.17, 15) is 4.79 Å². The van der Waals surface area contributed by atoms with Gasteiger partial charge in [0.1, 0.15) is 6.17 Å². The van der Waals surface area contributed by atoms with Crippen molar-refractivity contribution in [1.82, 2.24) is 24.4 Å². The Bertz CT molecular complexity index is 1020. The third kappa shape index (κ3) is 3.55. The summed E-state index contributed by atoms with van der Waals surface area (Å²) in [6, 6.07) is 3.42. The molecule has 2 aromatic rings. The lowest BCUT2D eigenvalue weighted by Gasteiger charge is -2.39. The first-order valence-electron chi connectivity index (χ1n) is 10.6. The average Bonchev–Trinajstić information content (AvgIpc) is 2.79. The SMILES string of the molecule is Cc1cc(=O)n2c(n1)NC(N1CCN(c3ncccn3)CC1)=N[C@H]2[C@@H]1CC=CCC1. The summed E-state index contributed by atoms with van der Waals surface area (Å²) in [7, 11) is 0. The first-order valence-corrected chi connectivity index (χ1v) is 10.6.